The van der Waals surface area contributed by atoms with Gasteiger partial charge in [-0.15, -0.1) is 0 Å². The maximum absolute atomic E-state index is 6.06. The van der Waals surface area contributed by atoms with Gasteiger partial charge in [0.1, 0.15) is 11.3 Å². The lowest BCUT2D eigenvalue weighted by Crippen LogP contribution is -2.34. The van der Waals surface area contributed by atoms with Gasteiger partial charge in [0.25, 0.3) is 0 Å². The van der Waals surface area contributed by atoms with Crippen LogP contribution in [0, 0.1) is 5.92 Å². The van der Waals surface area contributed by atoms with E-state index in [4.69, 9.17) is 23.2 Å². The van der Waals surface area contributed by atoms with E-state index in [1.807, 2.05) is 0 Å². The van der Waals surface area contributed by atoms with Crippen molar-refractivity contribution in [3.05, 3.63) is 0 Å². The monoisotopic (exact) mass is 234 g/mol. The van der Waals surface area contributed by atoms with Gasteiger partial charge in [-0.2, -0.15) is 0 Å². The van der Waals surface area contributed by atoms with E-state index in [2.05, 4.69) is 27.3 Å². The Bertz CT molecular complexity index is 289. The summed E-state index contributed by atoms with van der Waals surface area (Å²) >= 11 is 11.8. The smallest absolute Gasteiger partial charge is 0.220 e. The molecule has 2 unspecified atom stereocenters. The van der Waals surface area contributed by atoms with Crippen LogP contribution in [0.15, 0.2) is 9.98 Å². The minimum Gasteiger partial charge on any atom is -0.306 e. The summed E-state index contributed by atoms with van der Waals surface area (Å²) < 4.78 is 0. The van der Waals surface area contributed by atoms with Gasteiger partial charge in [-0.25, -0.2) is 15.0 Å². The third-order valence-corrected chi connectivity index (χ3v) is 2.89. The zero-order valence-corrected chi connectivity index (χ0v) is 9.39. The Morgan fingerprint density at radius 3 is 3.14 bits per heavy atom. The van der Waals surface area contributed by atoms with Crippen molar-refractivity contribution in [1.82, 2.24) is 10.4 Å². The molecule has 0 amide bonds. The lowest BCUT2D eigenvalue weighted by Gasteiger charge is -2.15. The molecule has 4 nitrogen and oxygen atoms in total. The third-order valence-electron chi connectivity index (χ3n) is 2.31. The topological polar surface area (TPSA) is 40.0 Å². The zero-order valence-electron chi connectivity index (χ0n) is 7.87. The fourth-order valence-corrected chi connectivity index (χ4v) is 2.21. The number of hydrogen-bond acceptors (Lipinski definition) is 4. The van der Waals surface area contributed by atoms with Crippen molar-refractivity contribution in [2.24, 2.45) is 15.9 Å². The van der Waals surface area contributed by atoms with Gasteiger partial charge >= 0.3 is 0 Å². The number of alkyl halides is 1. The van der Waals surface area contributed by atoms with Crippen LogP contribution in [-0.4, -0.2) is 34.7 Å². The minimum absolute atomic E-state index is 0.158. The van der Waals surface area contributed by atoms with Crippen molar-refractivity contribution in [2.45, 2.75) is 18.8 Å². The minimum atomic E-state index is -0.288. The molecule has 0 aliphatic carbocycles. The molecule has 6 heteroatoms. The SMILES string of the molecule is CCCN1CC2C(=NC(Cl)=NC2Cl)N1. The lowest BCUT2D eigenvalue weighted by molar-refractivity contribution is 0.259. The van der Waals surface area contributed by atoms with Gasteiger partial charge in [-0.3, -0.25) is 0 Å². The summed E-state index contributed by atoms with van der Waals surface area (Å²) in [5.41, 5.74) is 2.90. The second-order valence-electron chi connectivity index (χ2n) is 3.43. The van der Waals surface area contributed by atoms with E-state index in [9.17, 15) is 0 Å². The summed E-state index contributed by atoms with van der Waals surface area (Å²) in [7, 11) is 0. The van der Waals surface area contributed by atoms with Crippen LogP contribution >= 0.6 is 23.2 Å². The predicted octanol–water partition coefficient (Wildman–Crippen LogP) is 1.40. The van der Waals surface area contributed by atoms with E-state index in [0.29, 0.717) is 0 Å². The first kappa shape index (κ1) is 10.2. The van der Waals surface area contributed by atoms with E-state index in [-0.39, 0.29) is 16.7 Å². The molecular formula is C8H12Cl2N4. The largest absolute Gasteiger partial charge is 0.306 e. The number of amidine groups is 2. The van der Waals surface area contributed by atoms with Crippen LogP contribution in [0.4, 0.5) is 0 Å². The van der Waals surface area contributed by atoms with E-state index in [1.165, 1.54) is 0 Å². The molecule has 0 saturated carbocycles. The van der Waals surface area contributed by atoms with Crippen molar-refractivity contribution >= 4 is 34.3 Å². The summed E-state index contributed by atoms with van der Waals surface area (Å²) in [4.78, 5) is 8.14. The average molecular weight is 235 g/mol. The van der Waals surface area contributed by atoms with E-state index in [0.717, 1.165) is 25.3 Å². The molecule has 0 aromatic carbocycles. The van der Waals surface area contributed by atoms with Crippen molar-refractivity contribution in [1.29, 1.82) is 0 Å². The van der Waals surface area contributed by atoms with E-state index in [1.54, 1.807) is 0 Å². The molecule has 0 aromatic heterocycles. The quantitative estimate of drug-likeness (QED) is 0.580. The molecule has 1 N–H and O–H groups in total. The molecule has 1 saturated heterocycles. The van der Waals surface area contributed by atoms with Gasteiger partial charge in [0.05, 0.1) is 5.92 Å². The van der Waals surface area contributed by atoms with Crippen LogP contribution < -0.4 is 5.43 Å². The average Bonchev–Trinajstić information content (AvgIpc) is 2.48. The highest BCUT2D eigenvalue weighted by molar-refractivity contribution is 6.66. The number of aliphatic imine (C=N–C) groups is 2. The molecule has 14 heavy (non-hydrogen) atoms. The van der Waals surface area contributed by atoms with Crippen LogP contribution in [0.2, 0.25) is 0 Å². The zero-order chi connectivity index (χ0) is 10.1. The highest BCUT2D eigenvalue weighted by Gasteiger charge is 2.36. The van der Waals surface area contributed by atoms with Crippen molar-refractivity contribution in [2.75, 3.05) is 13.1 Å². The molecule has 2 heterocycles. The summed E-state index contributed by atoms with van der Waals surface area (Å²) in [5.74, 6) is 1.00. The van der Waals surface area contributed by atoms with Crippen molar-refractivity contribution in [3.63, 3.8) is 0 Å². The Hall–Kier alpha value is -0.320. The third kappa shape index (κ3) is 1.87. The molecule has 2 atom stereocenters. The summed E-state index contributed by atoms with van der Waals surface area (Å²) in [5, 5.41) is 2.34. The molecule has 2 aliphatic heterocycles. The van der Waals surface area contributed by atoms with E-state index >= 15 is 0 Å². The molecule has 78 valence electrons. The summed E-state index contributed by atoms with van der Waals surface area (Å²) in [6, 6.07) is 0. The molecular weight excluding hydrogens is 223 g/mol. The number of nitrogens with zero attached hydrogens (tertiary/aromatic N) is 3. The summed E-state index contributed by atoms with van der Waals surface area (Å²) in [6.07, 6.45) is 1.09. The molecule has 0 spiro atoms. The highest BCUT2D eigenvalue weighted by Crippen LogP contribution is 2.24. The Morgan fingerprint density at radius 1 is 1.64 bits per heavy atom. The molecule has 2 rings (SSSR count). The Morgan fingerprint density at radius 2 is 2.43 bits per heavy atom. The molecule has 1 fully saturated rings. The number of rotatable bonds is 2. The second kappa shape index (κ2) is 4.04. The summed E-state index contributed by atoms with van der Waals surface area (Å²) in [6.45, 7) is 3.97. The molecule has 0 radical (unpaired) electrons. The Labute approximate surface area is 93.0 Å². The number of hydrogen-bond donors (Lipinski definition) is 1. The predicted molar refractivity (Wildman–Crippen MR) is 58.9 cm³/mol. The molecule has 0 aromatic rings. The number of nitrogens with one attached hydrogen (secondary N) is 1. The number of halogens is 2. The first-order chi connectivity index (χ1) is 6.70. The van der Waals surface area contributed by atoms with Gasteiger partial charge in [-0.05, 0) is 18.0 Å². The van der Waals surface area contributed by atoms with Crippen LogP contribution in [0.1, 0.15) is 13.3 Å². The van der Waals surface area contributed by atoms with Gasteiger partial charge in [0.15, 0.2) is 0 Å². The molecule has 2 aliphatic rings. The Balaban J connectivity index is 2.09. The second-order valence-corrected chi connectivity index (χ2v) is 4.22. The van der Waals surface area contributed by atoms with Gasteiger partial charge < -0.3 is 5.43 Å². The standard InChI is InChI=1S/C8H12Cl2N4/c1-2-3-14-4-5-6(9)11-8(10)12-7(5)13-14/h5-6H,2-4H2,1H3,(H,11,12,13). The fraction of sp³-hybridized carbons (Fsp3) is 0.750. The van der Waals surface area contributed by atoms with Crippen molar-refractivity contribution < 1.29 is 0 Å². The number of hydrazine groups is 1. The maximum Gasteiger partial charge on any atom is 0.220 e. The Kier molecular flexibility index (Phi) is 2.95. The molecule has 0 bridgehead atoms. The normalized spacial score (nSPS) is 31.9. The van der Waals surface area contributed by atoms with Crippen LogP contribution in [0.25, 0.3) is 0 Å². The van der Waals surface area contributed by atoms with Gasteiger partial charge in [0.2, 0.25) is 5.29 Å². The van der Waals surface area contributed by atoms with Crippen LogP contribution in [0.5, 0.6) is 0 Å². The van der Waals surface area contributed by atoms with Crippen LogP contribution in [0.3, 0.4) is 0 Å². The first-order valence-corrected chi connectivity index (χ1v) is 5.49. The fourth-order valence-electron chi connectivity index (χ4n) is 1.68. The van der Waals surface area contributed by atoms with Gasteiger partial charge in [-0.1, -0.05) is 18.5 Å². The highest BCUT2D eigenvalue weighted by atomic mass is 35.5. The van der Waals surface area contributed by atoms with Gasteiger partial charge in [0, 0.05) is 13.1 Å². The first-order valence-electron chi connectivity index (χ1n) is 4.68. The van der Waals surface area contributed by atoms with E-state index < -0.39 is 0 Å². The number of fused-ring (bicyclic) bond motifs is 1. The van der Waals surface area contributed by atoms with Crippen molar-refractivity contribution in [3.8, 4) is 0 Å². The maximum atomic E-state index is 6.06. The van der Waals surface area contributed by atoms with Crippen LogP contribution in [-0.2, 0) is 0 Å². The lowest BCUT2D eigenvalue weighted by atomic mass is 10.1.